The van der Waals surface area contributed by atoms with E-state index in [4.69, 9.17) is 28.9 Å². The first-order chi connectivity index (χ1) is 8.97. The van der Waals surface area contributed by atoms with E-state index in [1.807, 2.05) is 13.0 Å². The largest absolute Gasteiger partial charge is 0.398 e. The number of aryl methyl sites for hydroxylation is 1. The SMILES string of the molecule is Cc1ccc(Cl)cc1NC(=O)c1ccc(Cl)cc1N. The molecule has 2 aromatic carbocycles. The lowest BCUT2D eigenvalue weighted by atomic mass is 10.1. The van der Waals surface area contributed by atoms with E-state index in [1.165, 1.54) is 0 Å². The van der Waals surface area contributed by atoms with Gasteiger partial charge in [-0.25, -0.2) is 0 Å². The van der Waals surface area contributed by atoms with Crippen LogP contribution < -0.4 is 11.1 Å². The average Bonchev–Trinajstić information content (AvgIpc) is 2.33. The Morgan fingerprint density at radius 3 is 2.42 bits per heavy atom. The minimum atomic E-state index is -0.292. The summed E-state index contributed by atoms with van der Waals surface area (Å²) in [6, 6.07) is 10.1. The van der Waals surface area contributed by atoms with Crippen molar-refractivity contribution in [1.82, 2.24) is 0 Å². The van der Waals surface area contributed by atoms with E-state index in [0.29, 0.717) is 27.0 Å². The predicted octanol–water partition coefficient (Wildman–Crippen LogP) is 4.14. The van der Waals surface area contributed by atoms with Gasteiger partial charge in [-0.05, 0) is 42.8 Å². The Kier molecular flexibility index (Phi) is 3.98. The van der Waals surface area contributed by atoms with Gasteiger partial charge in [0.2, 0.25) is 0 Å². The molecular weight excluding hydrogens is 283 g/mol. The van der Waals surface area contributed by atoms with Gasteiger partial charge in [0.25, 0.3) is 5.91 Å². The van der Waals surface area contributed by atoms with Crippen LogP contribution in [0.15, 0.2) is 36.4 Å². The summed E-state index contributed by atoms with van der Waals surface area (Å²) >= 11 is 11.7. The summed E-state index contributed by atoms with van der Waals surface area (Å²) in [4.78, 5) is 12.1. The van der Waals surface area contributed by atoms with Gasteiger partial charge in [0.05, 0.1) is 5.56 Å². The van der Waals surface area contributed by atoms with Gasteiger partial charge < -0.3 is 11.1 Å². The molecule has 0 aliphatic heterocycles. The summed E-state index contributed by atoms with van der Waals surface area (Å²) in [5, 5.41) is 3.83. The fourth-order valence-corrected chi connectivity index (χ4v) is 2.01. The molecule has 5 heteroatoms. The first kappa shape index (κ1) is 13.7. The van der Waals surface area contributed by atoms with E-state index in [1.54, 1.807) is 30.3 Å². The highest BCUT2D eigenvalue weighted by Crippen LogP contribution is 2.23. The number of nitrogens with two attached hydrogens (primary N) is 1. The van der Waals surface area contributed by atoms with Crippen LogP contribution in [0.5, 0.6) is 0 Å². The standard InChI is InChI=1S/C14H12Cl2N2O/c1-8-2-3-10(16)7-13(8)18-14(19)11-5-4-9(15)6-12(11)17/h2-7H,17H2,1H3,(H,18,19). The highest BCUT2D eigenvalue weighted by molar-refractivity contribution is 6.31. The molecule has 3 N–H and O–H groups in total. The van der Waals surface area contributed by atoms with Gasteiger partial charge in [0.1, 0.15) is 0 Å². The molecule has 0 saturated heterocycles. The van der Waals surface area contributed by atoms with Crippen molar-refractivity contribution < 1.29 is 4.79 Å². The minimum Gasteiger partial charge on any atom is -0.398 e. The predicted molar refractivity (Wildman–Crippen MR) is 80.0 cm³/mol. The number of hydrogen-bond acceptors (Lipinski definition) is 2. The van der Waals surface area contributed by atoms with Crippen LogP contribution in [0.3, 0.4) is 0 Å². The van der Waals surface area contributed by atoms with Gasteiger partial charge in [-0.2, -0.15) is 0 Å². The molecule has 3 nitrogen and oxygen atoms in total. The maximum Gasteiger partial charge on any atom is 0.257 e. The van der Waals surface area contributed by atoms with Crippen molar-refractivity contribution in [3.05, 3.63) is 57.6 Å². The highest BCUT2D eigenvalue weighted by Gasteiger charge is 2.11. The van der Waals surface area contributed by atoms with Crippen LogP contribution in [-0.4, -0.2) is 5.91 Å². The molecule has 0 aromatic heterocycles. The zero-order chi connectivity index (χ0) is 14.0. The number of rotatable bonds is 2. The number of nitrogen functional groups attached to an aromatic ring is 1. The smallest absolute Gasteiger partial charge is 0.257 e. The average molecular weight is 295 g/mol. The van der Waals surface area contributed by atoms with Crippen LogP contribution in [0.2, 0.25) is 10.0 Å². The summed E-state index contributed by atoms with van der Waals surface area (Å²) in [5.74, 6) is -0.292. The molecule has 0 spiro atoms. The number of anilines is 2. The lowest BCUT2D eigenvalue weighted by Gasteiger charge is -2.10. The second kappa shape index (κ2) is 5.51. The normalized spacial score (nSPS) is 10.3. The van der Waals surface area contributed by atoms with Crippen molar-refractivity contribution in [3.8, 4) is 0 Å². The number of hydrogen-bond donors (Lipinski definition) is 2. The van der Waals surface area contributed by atoms with Crippen LogP contribution in [-0.2, 0) is 0 Å². The first-order valence-corrected chi connectivity index (χ1v) is 6.35. The molecule has 0 atom stereocenters. The summed E-state index contributed by atoms with van der Waals surface area (Å²) < 4.78 is 0. The Labute approximate surface area is 121 Å². The molecular formula is C14H12Cl2N2O. The molecule has 0 heterocycles. The van der Waals surface area contributed by atoms with Crippen LogP contribution in [0.4, 0.5) is 11.4 Å². The van der Waals surface area contributed by atoms with Gasteiger partial charge in [0.15, 0.2) is 0 Å². The van der Waals surface area contributed by atoms with E-state index >= 15 is 0 Å². The molecule has 0 fully saturated rings. The van der Waals surface area contributed by atoms with E-state index in [2.05, 4.69) is 5.32 Å². The zero-order valence-corrected chi connectivity index (χ0v) is 11.7. The summed E-state index contributed by atoms with van der Waals surface area (Å²) in [7, 11) is 0. The lowest BCUT2D eigenvalue weighted by molar-refractivity contribution is 0.102. The Morgan fingerprint density at radius 2 is 1.74 bits per heavy atom. The molecule has 19 heavy (non-hydrogen) atoms. The first-order valence-electron chi connectivity index (χ1n) is 5.60. The molecule has 0 unspecified atom stereocenters. The molecule has 0 aliphatic rings. The number of halogens is 2. The maximum absolute atomic E-state index is 12.1. The lowest BCUT2D eigenvalue weighted by Crippen LogP contribution is -2.14. The Balaban J connectivity index is 2.28. The highest BCUT2D eigenvalue weighted by atomic mass is 35.5. The Morgan fingerprint density at radius 1 is 1.11 bits per heavy atom. The van der Waals surface area contributed by atoms with Crippen molar-refractivity contribution in [1.29, 1.82) is 0 Å². The third kappa shape index (κ3) is 3.19. The van der Waals surface area contributed by atoms with E-state index in [-0.39, 0.29) is 5.91 Å². The fraction of sp³-hybridized carbons (Fsp3) is 0.0714. The summed E-state index contributed by atoms with van der Waals surface area (Å²) in [6.45, 7) is 1.89. The van der Waals surface area contributed by atoms with Gasteiger partial charge in [0, 0.05) is 21.4 Å². The molecule has 0 aliphatic carbocycles. The number of benzene rings is 2. The fourth-order valence-electron chi connectivity index (χ4n) is 1.66. The third-order valence-corrected chi connectivity index (χ3v) is 3.18. The van der Waals surface area contributed by atoms with Crippen molar-refractivity contribution in [2.45, 2.75) is 6.92 Å². The van der Waals surface area contributed by atoms with Gasteiger partial charge in [-0.15, -0.1) is 0 Å². The van der Waals surface area contributed by atoms with E-state index < -0.39 is 0 Å². The van der Waals surface area contributed by atoms with Gasteiger partial charge in [-0.1, -0.05) is 29.3 Å². The topological polar surface area (TPSA) is 55.1 Å². The minimum absolute atomic E-state index is 0.292. The van der Waals surface area contributed by atoms with E-state index in [9.17, 15) is 4.79 Å². The van der Waals surface area contributed by atoms with Crippen LogP contribution >= 0.6 is 23.2 Å². The Hall–Kier alpha value is -1.71. The molecule has 98 valence electrons. The quantitative estimate of drug-likeness (QED) is 0.818. The van der Waals surface area contributed by atoms with Crippen LogP contribution in [0.25, 0.3) is 0 Å². The Bertz CT molecular complexity index is 641. The molecule has 0 saturated carbocycles. The molecule has 1 amide bonds. The van der Waals surface area contributed by atoms with Crippen molar-refractivity contribution in [3.63, 3.8) is 0 Å². The van der Waals surface area contributed by atoms with Crippen molar-refractivity contribution >= 4 is 40.5 Å². The molecule has 2 rings (SSSR count). The number of nitrogens with one attached hydrogen (secondary N) is 1. The monoisotopic (exact) mass is 294 g/mol. The maximum atomic E-state index is 12.1. The van der Waals surface area contributed by atoms with E-state index in [0.717, 1.165) is 5.56 Å². The van der Waals surface area contributed by atoms with Gasteiger partial charge in [-0.3, -0.25) is 4.79 Å². The third-order valence-electron chi connectivity index (χ3n) is 2.71. The number of carbonyl (C=O) groups excluding carboxylic acids is 1. The second-order valence-electron chi connectivity index (χ2n) is 4.14. The second-order valence-corrected chi connectivity index (χ2v) is 5.02. The van der Waals surface area contributed by atoms with Gasteiger partial charge >= 0.3 is 0 Å². The van der Waals surface area contributed by atoms with Crippen LogP contribution in [0, 0.1) is 6.92 Å². The van der Waals surface area contributed by atoms with Crippen LogP contribution in [0.1, 0.15) is 15.9 Å². The molecule has 2 aromatic rings. The van der Waals surface area contributed by atoms with Crippen molar-refractivity contribution in [2.75, 3.05) is 11.1 Å². The van der Waals surface area contributed by atoms with Crippen molar-refractivity contribution in [2.24, 2.45) is 0 Å². The summed E-state index contributed by atoms with van der Waals surface area (Å²) in [6.07, 6.45) is 0. The summed E-state index contributed by atoms with van der Waals surface area (Å²) in [5.41, 5.74) is 8.07. The number of amides is 1. The number of carbonyl (C=O) groups is 1. The molecule has 0 bridgehead atoms. The molecule has 0 radical (unpaired) electrons. The zero-order valence-electron chi connectivity index (χ0n) is 10.2.